The maximum absolute atomic E-state index is 13.4. The van der Waals surface area contributed by atoms with E-state index in [9.17, 15) is 14.0 Å². The minimum atomic E-state index is -0.666. The number of fused-ring (bicyclic) bond motifs is 3. The summed E-state index contributed by atoms with van der Waals surface area (Å²) in [7, 11) is 1.63. The van der Waals surface area contributed by atoms with Crippen molar-refractivity contribution in [3.05, 3.63) is 64.4 Å². The molecule has 5 rings (SSSR count). The molecule has 3 aromatic rings. The summed E-state index contributed by atoms with van der Waals surface area (Å²) in [6, 6.07) is 12.5. The van der Waals surface area contributed by atoms with E-state index < -0.39 is 24.1 Å². The zero-order valence-corrected chi connectivity index (χ0v) is 17.4. The lowest BCUT2D eigenvalue weighted by molar-refractivity contribution is -0.124. The number of carbonyl (C=O) groups is 2. The minimum Gasteiger partial charge on any atom is -0.321 e. The molecule has 2 aliphatic heterocycles. The van der Waals surface area contributed by atoms with Crippen molar-refractivity contribution in [1.29, 1.82) is 0 Å². The normalized spacial score (nSPS) is 20.2. The largest absolute Gasteiger partial charge is 0.325 e. The second-order valence-corrected chi connectivity index (χ2v) is 8.13. The second kappa shape index (κ2) is 6.91. The Morgan fingerprint density at radius 1 is 1.07 bits per heavy atom. The van der Waals surface area contributed by atoms with E-state index >= 15 is 0 Å². The molecule has 2 aromatic carbocycles. The number of amides is 3. The lowest BCUT2D eigenvalue weighted by atomic mass is 10.1. The molecule has 2 atom stereocenters. The Morgan fingerprint density at radius 3 is 2.47 bits per heavy atom. The molecule has 3 heterocycles. The van der Waals surface area contributed by atoms with E-state index in [-0.39, 0.29) is 5.82 Å². The molecule has 10 heteroatoms. The monoisotopic (exact) mass is 470 g/mol. The highest BCUT2D eigenvalue weighted by molar-refractivity contribution is 9.10. The van der Waals surface area contributed by atoms with E-state index in [0.29, 0.717) is 23.9 Å². The quantitative estimate of drug-likeness (QED) is 0.636. The molecule has 3 amide bonds. The maximum Gasteiger partial charge on any atom is 0.325 e. The molecule has 2 aliphatic rings. The van der Waals surface area contributed by atoms with Crippen molar-refractivity contribution in [1.82, 2.24) is 25.0 Å². The van der Waals surface area contributed by atoms with Crippen molar-refractivity contribution in [3.8, 4) is 11.4 Å². The summed E-state index contributed by atoms with van der Waals surface area (Å²) in [6.07, 6.45) is -0.619. The molecule has 0 bridgehead atoms. The van der Waals surface area contributed by atoms with E-state index in [2.05, 4.69) is 31.4 Å². The Balaban J connectivity index is 1.63. The number of anilines is 1. The van der Waals surface area contributed by atoms with Crippen LogP contribution < -0.4 is 10.2 Å². The number of imide groups is 1. The first-order valence-electron chi connectivity index (χ1n) is 9.23. The Labute approximate surface area is 179 Å². The number of carbonyl (C=O) groups excluding carboxylic acids is 2. The summed E-state index contributed by atoms with van der Waals surface area (Å²) in [4.78, 5) is 28.5. The highest BCUT2D eigenvalue weighted by Gasteiger charge is 2.52. The van der Waals surface area contributed by atoms with Gasteiger partial charge in [-0.25, -0.2) is 9.18 Å². The highest BCUT2D eigenvalue weighted by Crippen LogP contribution is 2.41. The van der Waals surface area contributed by atoms with Crippen molar-refractivity contribution < 1.29 is 14.0 Å². The van der Waals surface area contributed by atoms with Crippen LogP contribution in [0.4, 0.5) is 15.1 Å². The summed E-state index contributed by atoms with van der Waals surface area (Å²) < 4.78 is 16.1. The zero-order chi connectivity index (χ0) is 21.0. The zero-order valence-electron chi connectivity index (χ0n) is 15.8. The Bertz CT molecular complexity index is 1150. The van der Waals surface area contributed by atoms with Gasteiger partial charge in [-0.3, -0.25) is 14.7 Å². The van der Waals surface area contributed by atoms with Crippen LogP contribution in [0, 0.1) is 5.82 Å². The Kier molecular flexibility index (Phi) is 4.31. The number of nitrogens with one attached hydrogen (secondary N) is 1. The number of aromatic nitrogens is 3. The Morgan fingerprint density at radius 2 is 1.77 bits per heavy atom. The predicted molar refractivity (Wildman–Crippen MR) is 110 cm³/mol. The highest BCUT2D eigenvalue weighted by atomic mass is 79.9. The molecule has 2 unspecified atom stereocenters. The number of benzene rings is 2. The first kappa shape index (κ1) is 18.7. The lowest BCUT2D eigenvalue weighted by Gasteiger charge is -2.37. The van der Waals surface area contributed by atoms with Crippen molar-refractivity contribution in [2.45, 2.75) is 18.8 Å². The van der Waals surface area contributed by atoms with Crippen LogP contribution in [0.1, 0.15) is 11.7 Å². The van der Waals surface area contributed by atoms with Crippen LogP contribution in [0.15, 0.2) is 53.0 Å². The van der Waals surface area contributed by atoms with Gasteiger partial charge in [0.05, 0.1) is 0 Å². The molecular formula is C20H16BrFN6O2. The number of halogens is 2. The van der Waals surface area contributed by atoms with Crippen LogP contribution >= 0.6 is 15.9 Å². The van der Waals surface area contributed by atoms with E-state index in [1.165, 1.54) is 17.0 Å². The van der Waals surface area contributed by atoms with Crippen LogP contribution in [0.25, 0.3) is 11.4 Å². The second-order valence-electron chi connectivity index (χ2n) is 7.22. The number of urea groups is 1. The molecule has 1 saturated heterocycles. The van der Waals surface area contributed by atoms with Crippen molar-refractivity contribution in [3.63, 3.8) is 0 Å². The van der Waals surface area contributed by atoms with Gasteiger partial charge in [-0.2, -0.15) is 0 Å². The molecule has 0 spiro atoms. The lowest BCUT2D eigenvalue weighted by Crippen LogP contribution is -2.61. The van der Waals surface area contributed by atoms with Crippen LogP contribution in [-0.4, -0.2) is 44.7 Å². The van der Waals surface area contributed by atoms with Gasteiger partial charge < -0.3 is 9.80 Å². The molecule has 0 aliphatic carbocycles. The standard InChI is InChI=1S/C20H16BrFN6O2/c1-26-18-15(17(29)23-20(26)30)27(10-11-2-6-13(21)7-3-11)19-25-24-16(28(18)19)12-4-8-14(22)9-5-12/h2-9,15,18H,10H2,1H3,(H,23,29,30). The minimum absolute atomic E-state index is 0.362. The summed E-state index contributed by atoms with van der Waals surface area (Å²) in [5.74, 6) is 0.186. The molecule has 1 fully saturated rings. The molecule has 30 heavy (non-hydrogen) atoms. The van der Waals surface area contributed by atoms with Crippen molar-refractivity contribution in [2.75, 3.05) is 11.9 Å². The molecule has 0 radical (unpaired) electrons. The van der Waals surface area contributed by atoms with Crippen molar-refractivity contribution >= 4 is 33.8 Å². The van der Waals surface area contributed by atoms with Gasteiger partial charge in [-0.05, 0) is 42.0 Å². The molecule has 152 valence electrons. The van der Waals surface area contributed by atoms with E-state index in [1.54, 1.807) is 23.7 Å². The fraction of sp³-hybridized carbons (Fsp3) is 0.200. The summed E-state index contributed by atoms with van der Waals surface area (Å²) in [5, 5.41) is 11.0. The van der Waals surface area contributed by atoms with Crippen LogP contribution in [-0.2, 0) is 11.3 Å². The van der Waals surface area contributed by atoms with Crippen molar-refractivity contribution in [2.24, 2.45) is 0 Å². The van der Waals surface area contributed by atoms with Gasteiger partial charge in [0, 0.05) is 23.6 Å². The SMILES string of the molecule is CN1C(=O)NC(=O)C2C1n1c(-c3ccc(F)cc3)nnc1N2Cc1ccc(Br)cc1. The molecule has 1 aromatic heterocycles. The fourth-order valence-corrected chi connectivity index (χ4v) is 4.21. The Hall–Kier alpha value is -3.27. The van der Waals surface area contributed by atoms with Gasteiger partial charge in [0.25, 0.3) is 5.91 Å². The smallest absolute Gasteiger partial charge is 0.321 e. The number of nitrogens with zero attached hydrogens (tertiary/aromatic N) is 5. The summed E-state index contributed by atoms with van der Waals surface area (Å²) >= 11 is 3.42. The first-order chi connectivity index (χ1) is 14.4. The van der Waals surface area contributed by atoms with Crippen LogP contribution in [0.3, 0.4) is 0 Å². The number of rotatable bonds is 3. The molecule has 1 N–H and O–H groups in total. The average Bonchev–Trinajstić information content (AvgIpc) is 3.28. The van der Waals surface area contributed by atoms with Gasteiger partial charge in [-0.1, -0.05) is 28.1 Å². The number of likely N-dealkylation sites (N-methyl/N-ethyl adjacent to an activating group) is 1. The molecule has 0 saturated carbocycles. The summed E-state index contributed by atoms with van der Waals surface area (Å²) in [5.41, 5.74) is 1.62. The van der Waals surface area contributed by atoms with Crippen LogP contribution in [0.5, 0.6) is 0 Å². The predicted octanol–water partition coefficient (Wildman–Crippen LogP) is 2.92. The first-order valence-corrected chi connectivity index (χ1v) is 10.0. The van der Waals surface area contributed by atoms with E-state index in [0.717, 1.165) is 10.0 Å². The van der Waals surface area contributed by atoms with Gasteiger partial charge in [0.1, 0.15) is 12.0 Å². The third kappa shape index (κ3) is 2.86. The van der Waals surface area contributed by atoms with Gasteiger partial charge in [0.2, 0.25) is 5.95 Å². The maximum atomic E-state index is 13.4. The van der Waals surface area contributed by atoms with Gasteiger partial charge >= 0.3 is 6.03 Å². The molecular weight excluding hydrogens is 455 g/mol. The third-order valence-corrected chi connectivity index (χ3v) is 5.93. The summed E-state index contributed by atoms with van der Waals surface area (Å²) in [6.45, 7) is 0.408. The van der Waals surface area contributed by atoms with E-state index in [1.807, 2.05) is 29.2 Å². The van der Waals surface area contributed by atoms with Gasteiger partial charge in [-0.15, -0.1) is 10.2 Å². The number of hydrogen-bond donors (Lipinski definition) is 1. The third-order valence-electron chi connectivity index (χ3n) is 5.40. The molecule has 8 nitrogen and oxygen atoms in total. The van der Waals surface area contributed by atoms with E-state index in [4.69, 9.17) is 0 Å². The fourth-order valence-electron chi connectivity index (χ4n) is 3.95. The number of hydrogen-bond acceptors (Lipinski definition) is 5. The topological polar surface area (TPSA) is 83.4 Å². The van der Waals surface area contributed by atoms with Gasteiger partial charge in [0.15, 0.2) is 11.9 Å². The average molecular weight is 471 g/mol. The van der Waals surface area contributed by atoms with Crippen LogP contribution in [0.2, 0.25) is 0 Å².